The zero-order valence-corrected chi connectivity index (χ0v) is 19.4. The van der Waals surface area contributed by atoms with Gasteiger partial charge in [-0.05, 0) is 24.6 Å². The zero-order chi connectivity index (χ0) is 23.0. The summed E-state index contributed by atoms with van der Waals surface area (Å²) < 4.78 is 13.0. The minimum absolute atomic E-state index is 0.285. The molecule has 4 rings (SSSR count). The van der Waals surface area contributed by atoms with Crippen molar-refractivity contribution >= 4 is 17.7 Å². The van der Waals surface area contributed by atoms with Crippen molar-refractivity contribution in [2.24, 2.45) is 0 Å². The summed E-state index contributed by atoms with van der Waals surface area (Å²) in [6.07, 6.45) is 0.680. The van der Waals surface area contributed by atoms with Crippen LogP contribution in [0.4, 0.5) is 0 Å². The van der Waals surface area contributed by atoms with E-state index in [4.69, 9.17) is 9.47 Å². The Bertz CT molecular complexity index is 1200. The lowest BCUT2D eigenvalue weighted by Crippen LogP contribution is -2.19. The van der Waals surface area contributed by atoms with Gasteiger partial charge in [0.1, 0.15) is 11.0 Å². The van der Waals surface area contributed by atoms with Gasteiger partial charge in [0.2, 0.25) is 0 Å². The molecule has 0 spiro atoms. The molecule has 7 heteroatoms. The highest BCUT2D eigenvalue weighted by molar-refractivity contribution is 8.00. The third-order valence-corrected chi connectivity index (χ3v) is 6.10. The van der Waals surface area contributed by atoms with Gasteiger partial charge in [-0.3, -0.25) is 9.36 Å². The molecule has 1 atom stereocenters. The van der Waals surface area contributed by atoms with E-state index < -0.39 is 5.25 Å². The molecule has 6 nitrogen and oxygen atoms in total. The fraction of sp³-hybridized carbons (Fsp3) is 0.192. The van der Waals surface area contributed by atoms with E-state index in [-0.39, 0.29) is 5.97 Å². The van der Waals surface area contributed by atoms with Gasteiger partial charge in [0.25, 0.3) is 0 Å². The van der Waals surface area contributed by atoms with Crippen LogP contribution in [0.15, 0.2) is 90.1 Å². The van der Waals surface area contributed by atoms with Gasteiger partial charge >= 0.3 is 5.97 Å². The van der Waals surface area contributed by atoms with Gasteiger partial charge in [-0.25, -0.2) is 0 Å². The van der Waals surface area contributed by atoms with E-state index in [1.165, 1.54) is 11.8 Å². The Morgan fingerprint density at radius 3 is 2.33 bits per heavy atom. The molecular weight excluding hydrogens is 434 g/mol. The van der Waals surface area contributed by atoms with Gasteiger partial charge in [0.15, 0.2) is 11.0 Å². The van der Waals surface area contributed by atoms with Gasteiger partial charge in [0, 0.05) is 12.0 Å². The summed E-state index contributed by atoms with van der Waals surface area (Å²) in [5, 5.41) is 8.98. The maximum atomic E-state index is 12.7. The van der Waals surface area contributed by atoms with Crippen LogP contribution in [-0.2, 0) is 16.0 Å². The molecule has 0 saturated heterocycles. The minimum Gasteiger partial charge on any atom is -0.495 e. The van der Waals surface area contributed by atoms with Crippen LogP contribution in [0, 0.1) is 0 Å². The second-order valence-corrected chi connectivity index (χ2v) is 8.65. The molecular formula is C26H25N3O3S. The van der Waals surface area contributed by atoms with Crippen molar-refractivity contribution in [1.29, 1.82) is 0 Å². The highest BCUT2D eigenvalue weighted by atomic mass is 32.2. The Balaban J connectivity index is 1.56. The number of rotatable bonds is 9. The summed E-state index contributed by atoms with van der Waals surface area (Å²) in [5.41, 5.74) is 2.85. The fourth-order valence-electron chi connectivity index (χ4n) is 3.39. The first-order valence-electron chi connectivity index (χ1n) is 10.7. The predicted octanol–water partition coefficient (Wildman–Crippen LogP) is 5.21. The number of nitrogens with zero attached hydrogens (tertiary/aromatic N) is 3. The molecule has 168 valence electrons. The molecule has 0 amide bonds. The van der Waals surface area contributed by atoms with Crippen LogP contribution in [0.25, 0.3) is 17.1 Å². The van der Waals surface area contributed by atoms with Crippen molar-refractivity contribution in [1.82, 2.24) is 14.8 Å². The number of hydrogen-bond acceptors (Lipinski definition) is 6. The number of aromatic nitrogens is 3. The molecule has 33 heavy (non-hydrogen) atoms. The molecule has 4 aromatic rings. The smallest absolute Gasteiger partial charge is 0.319 e. The lowest BCUT2D eigenvalue weighted by atomic mass is 10.2. The van der Waals surface area contributed by atoms with Crippen LogP contribution >= 0.6 is 11.8 Å². The molecule has 0 fully saturated rings. The van der Waals surface area contributed by atoms with Crippen molar-refractivity contribution in [2.75, 3.05) is 13.7 Å². The van der Waals surface area contributed by atoms with Crippen LogP contribution in [0.1, 0.15) is 12.5 Å². The van der Waals surface area contributed by atoms with Crippen molar-refractivity contribution in [2.45, 2.75) is 23.8 Å². The average molecular weight is 460 g/mol. The molecule has 1 aromatic heterocycles. The maximum Gasteiger partial charge on any atom is 0.319 e. The van der Waals surface area contributed by atoms with Crippen LogP contribution < -0.4 is 4.74 Å². The summed E-state index contributed by atoms with van der Waals surface area (Å²) in [6, 6.07) is 27.5. The quantitative estimate of drug-likeness (QED) is 0.253. The van der Waals surface area contributed by atoms with E-state index in [2.05, 4.69) is 10.2 Å². The summed E-state index contributed by atoms with van der Waals surface area (Å²) in [4.78, 5) is 12.7. The first-order valence-corrected chi connectivity index (χ1v) is 11.6. The third kappa shape index (κ3) is 5.43. The predicted molar refractivity (Wildman–Crippen MR) is 130 cm³/mol. The molecule has 1 heterocycles. The largest absolute Gasteiger partial charge is 0.495 e. The number of esters is 1. The van der Waals surface area contributed by atoms with Gasteiger partial charge in [-0.15, -0.1) is 10.2 Å². The van der Waals surface area contributed by atoms with Crippen LogP contribution in [0.2, 0.25) is 0 Å². The summed E-state index contributed by atoms with van der Waals surface area (Å²) in [6.45, 7) is 2.15. The highest BCUT2D eigenvalue weighted by Gasteiger charge is 2.24. The molecule has 0 aliphatic carbocycles. The van der Waals surface area contributed by atoms with Crippen LogP contribution in [0.3, 0.4) is 0 Å². The van der Waals surface area contributed by atoms with Crippen LogP contribution in [-0.4, -0.2) is 39.7 Å². The monoisotopic (exact) mass is 459 g/mol. The molecule has 0 saturated carbocycles. The normalized spacial score (nSPS) is 11.7. The molecule has 0 radical (unpaired) electrons. The van der Waals surface area contributed by atoms with Crippen molar-refractivity contribution < 1.29 is 14.3 Å². The zero-order valence-electron chi connectivity index (χ0n) is 18.5. The SMILES string of the molecule is COc1ccccc1-n1c(SC(C)C(=O)OCCc2ccccc2)nnc1-c1ccccc1. The standard InChI is InChI=1S/C26H25N3O3S/c1-19(25(30)32-18-17-20-11-5-3-6-12-20)33-26-28-27-24(21-13-7-4-8-14-21)29(26)22-15-9-10-16-23(22)31-2/h3-16,19H,17-18H2,1-2H3. The van der Waals surface area contributed by atoms with E-state index in [1.807, 2.05) is 96.4 Å². The van der Waals surface area contributed by atoms with Gasteiger partial charge in [-0.1, -0.05) is 84.6 Å². The number of carbonyl (C=O) groups is 1. The molecule has 0 N–H and O–H groups in total. The van der Waals surface area contributed by atoms with E-state index in [1.54, 1.807) is 7.11 Å². The summed E-state index contributed by atoms with van der Waals surface area (Å²) >= 11 is 1.31. The van der Waals surface area contributed by atoms with Crippen LogP contribution in [0.5, 0.6) is 5.75 Å². The highest BCUT2D eigenvalue weighted by Crippen LogP contribution is 2.34. The molecule has 0 bridgehead atoms. The second-order valence-electron chi connectivity index (χ2n) is 7.34. The molecule has 1 unspecified atom stereocenters. The molecule has 0 aliphatic rings. The lowest BCUT2D eigenvalue weighted by molar-refractivity contribution is -0.142. The lowest BCUT2D eigenvalue weighted by Gasteiger charge is -2.15. The topological polar surface area (TPSA) is 66.2 Å². The Kier molecular flexibility index (Phi) is 7.42. The van der Waals surface area contributed by atoms with Gasteiger partial charge < -0.3 is 9.47 Å². The number of ether oxygens (including phenoxy) is 2. The number of hydrogen-bond donors (Lipinski definition) is 0. The first-order chi connectivity index (χ1) is 16.2. The minimum atomic E-state index is -0.456. The van der Waals surface area contributed by atoms with E-state index in [0.29, 0.717) is 29.8 Å². The van der Waals surface area contributed by atoms with Crippen molar-refractivity contribution in [3.63, 3.8) is 0 Å². The number of para-hydroxylation sites is 2. The van der Waals surface area contributed by atoms with E-state index >= 15 is 0 Å². The Labute approximate surface area is 197 Å². The summed E-state index contributed by atoms with van der Waals surface area (Å²) in [7, 11) is 1.63. The second kappa shape index (κ2) is 10.8. The number of carbonyl (C=O) groups excluding carboxylic acids is 1. The van der Waals surface area contributed by atoms with E-state index in [0.717, 1.165) is 16.8 Å². The molecule has 3 aromatic carbocycles. The summed E-state index contributed by atoms with van der Waals surface area (Å²) in [5.74, 6) is 1.08. The van der Waals surface area contributed by atoms with Crippen molar-refractivity contribution in [3.8, 4) is 22.8 Å². The van der Waals surface area contributed by atoms with E-state index in [9.17, 15) is 4.79 Å². The third-order valence-electron chi connectivity index (χ3n) is 5.08. The Hall–Kier alpha value is -3.58. The van der Waals surface area contributed by atoms with Gasteiger partial charge in [-0.2, -0.15) is 0 Å². The number of thioether (sulfide) groups is 1. The van der Waals surface area contributed by atoms with Gasteiger partial charge in [0.05, 0.1) is 19.4 Å². The fourth-order valence-corrected chi connectivity index (χ4v) is 4.25. The Morgan fingerprint density at radius 2 is 1.61 bits per heavy atom. The number of methoxy groups -OCH3 is 1. The Morgan fingerprint density at radius 1 is 0.939 bits per heavy atom. The average Bonchev–Trinajstić information content (AvgIpc) is 3.28. The maximum absolute atomic E-state index is 12.7. The van der Waals surface area contributed by atoms with Crippen molar-refractivity contribution in [3.05, 3.63) is 90.5 Å². The molecule has 0 aliphatic heterocycles. The first kappa shape index (κ1) is 22.6. The number of benzene rings is 3.